The van der Waals surface area contributed by atoms with Crippen molar-refractivity contribution in [1.82, 2.24) is 24.9 Å². The molecule has 0 bridgehead atoms. The maximum absolute atomic E-state index is 13.1. The molecule has 1 unspecified atom stereocenters. The number of alkyl halides is 6. The summed E-state index contributed by atoms with van der Waals surface area (Å²) in [6.07, 6.45) is -6.35. The minimum absolute atomic E-state index is 0.0560. The fourth-order valence-electron chi connectivity index (χ4n) is 3.51. The van der Waals surface area contributed by atoms with Crippen molar-refractivity contribution in [3.63, 3.8) is 0 Å². The van der Waals surface area contributed by atoms with Crippen LogP contribution in [0.2, 0.25) is 0 Å². The molecule has 0 spiro atoms. The Kier molecular flexibility index (Phi) is 12.0. The van der Waals surface area contributed by atoms with Crippen molar-refractivity contribution < 1.29 is 60.1 Å². The highest BCUT2D eigenvalue weighted by molar-refractivity contribution is 5.88. The lowest BCUT2D eigenvalue weighted by molar-refractivity contribution is -0.193. The van der Waals surface area contributed by atoms with E-state index in [2.05, 4.69) is 15.6 Å². The van der Waals surface area contributed by atoms with Gasteiger partial charge in [-0.3, -0.25) is 14.5 Å². The van der Waals surface area contributed by atoms with Crippen LogP contribution in [0, 0.1) is 5.82 Å². The fraction of sp³-hybridized carbons (Fsp3) is 0.320. The summed E-state index contributed by atoms with van der Waals surface area (Å²) in [6, 6.07) is 11.3. The van der Waals surface area contributed by atoms with Crippen LogP contribution in [-0.4, -0.2) is 79.7 Å². The molecule has 0 radical (unpaired) electrons. The minimum atomic E-state index is -5.08. The first kappa shape index (κ1) is 34.5. The van der Waals surface area contributed by atoms with Crippen molar-refractivity contribution in [3.05, 3.63) is 71.9 Å². The molecule has 0 aliphatic carbocycles. The first-order chi connectivity index (χ1) is 20.0. The highest BCUT2D eigenvalue weighted by Gasteiger charge is 2.39. The minimum Gasteiger partial charge on any atom is -0.475 e. The second-order valence-corrected chi connectivity index (χ2v) is 8.69. The van der Waals surface area contributed by atoms with Gasteiger partial charge < -0.3 is 25.2 Å². The van der Waals surface area contributed by atoms with Crippen molar-refractivity contribution >= 4 is 29.4 Å². The van der Waals surface area contributed by atoms with Gasteiger partial charge in [-0.05, 0) is 29.8 Å². The number of imidazole rings is 1. The van der Waals surface area contributed by atoms with Gasteiger partial charge in [0.05, 0.1) is 24.7 Å². The van der Waals surface area contributed by atoms with Crippen LogP contribution in [0.3, 0.4) is 0 Å². The predicted octanol–water partition coefficient (Wildman–Crippen LogP) is 2.75. The van der Waals surface area contributed by atoms with Crippen LogP contribution in [0.5, 0.6) is 0 Å². The number of carboxylic acids is 2. The third-order valence-electron chi connectivity index (χ3n) is 5.48. The topological polar surface area (TPSA) is 153 Å². The van der Waals surface area contributed by atoms with Crippen LogP contribution in [0.25, 0.3) is 5.65 Å². The lowest BCUT2D eigenvalue weighted by Gasteiger charge is -2.34. The summed E-state index contributed by atoms with van der Waals surface area (Å²) in [5, 5.41) is 19.9. The van der Waals surface area contributed by atoms with Gasteiger partial charge in [0.25, 0.3) is 0 Å². The first-order valence-corrected chi connectivity index (χ1v) is 12.0. The third kappa shape index (κ3) is 11.6. The number of carbonyl (C=O) groups is 4. The summed E-state index contributed by atoms with van der Waals surface area (Å²) < 4.78 is 78.5. The van der Waals surface area contributed by atoms with Gasteiger partial charge in [-0.15, -0.1) is 0 Å². The number of carbonyl (C=O) groups excluding carboxylic acids is 2. The van der Waals surface area contributed by atoms with Gasteiger partial charge in [0.15, 0.2) is 0 Å². The zero-order valence-electron chi connectivity index (χ0n) is 21.8. The lowest BCUT2D eigenvalue weighted by Crippen LogP contribution is -2.56. The second-order valence-electron chi connectivity index (χ2n) is 8.69. The first-order valence-electron chi connectivity index (χ1n) is 12.0. The summed E-state index contributed by atoms with van der Waals surface area (Å²) in [5.41, 5.74) is 2.46. The monoisotopic (exact) mass is 623 g/mol. The molecule has 2 aromatic heterocycles. The van der Waals surface area contributed by atoms with Gasteiger partial charge in [0.1, 0.15) is 11.5 Å². The Balaban J connectivity index is 0.000000384. The number of rotatable bonds is 6. The number of halogens is 7. The van der Waals surface area contributed by atoms with E-state index in [1.807, 2.05) is 39.9 Å². The van der Waals surface area contributed by atoms with Crippen molar-refractivity contribution in [3.8, 4) is 0 Å². The Hall–Kier alpha value is -4.74. The number of nitrogens with one attached hydrogen (secondary N) is 2. The van der Waals surface area contributed by atoms with E-state index in [4.69, 9.17) is 19.8 Å². The quantitative estimate of drug-likeness (QED) is 0.306. The number of nitrogens with zero attached hydrogens (tertiary/aromatic N) is 3. The van der Waals surface area contributed by atoms with Gasteiger partial charge in [0.2, 0.25) is 11.8 Å². The van der Waals surface area contributed by atoms with Crippen LogP contribution in [0.4, 0.5) is 30.7 Å². The van der Waals surface area contributed by atoms with Gasteiger partial charge in [-0.1, -0.05) is 18.2 Å². The molecule has 4 N–H and O–H groups in total. The molecule has 4 rings (SSSR count). The van der Waals surface area contributed by atoms with E-state index in [0.717, 1.165) is 16.9 Å². The molecule has 1 fully saturated rings. The van der Waals surface area contributed by atoms with E-state index in [9.17, 15) is 40.3 Å². The number of aromatic nitrogens is 2. The molecule has 3 aromatic rings. The van der Waals surface area contributed by atoms with Crippen LogP contribution < -0.4 is 10.6 Å². The van der Waals surface area contributed by atoms with Crippen LogP contribution in [0.1, 0.15) is 17.7 Å². The molecule has 0 saturated carbocycles. The molecular formula is C25H24F7N5O6. The zero-order valence-corrected chi connectivity index (χ0v) is 21.8. The number of hydrogen-bond donors (Lipinski definition) is 4. The van der Waals surface area contributed by atoms with E-state index in [1.165, 1.54) is 12.1 Å². The molecule has 234 valence electrons. The summed E-state index contributed by atoms with van der Waals surface area (Å²) in [7, 11) is 0. The highest BCUT2D eigenvalue weighted by Crippen LogP contribution is 2.16. The Morgan fingerprint density at radius 3 is 2.09 bits per heavy atom. The van der Waals surface area contributed by atoms with Crippen molar-refractivity contribution in [2.24, 2.45) is 0 Å². The molecule has 3 heterocycles. The molecule has 2 amide bonds. The van der Waals surface area contributed by atoms with Crippen molar-refractivity contribution in [2.75, 3.05) is 13.1 Å². The van der Waals surface area contributed by atoms with E-state index in [-0.39, 0.29) is 24.1 Å². The molecule has 18 heteroatoms. The lowest BCUT2D eigenvalue weighted by atomic mass is 10.1. The number of amides is 2. The Labute approximate surface area is 237 Å². The Morgan fingerprint density at radius 1 is 0.977 bits per heavy atom. The summed E-state index contributed by atoms with van der Waals surface area (Å²) in [5.74, 6) is -6.19. The molecule has 43 heavy (non-hydrogen) atoms. The average Bonchev–Trinajstić information content (AvgIpc) is 3.33. The number of aliphatic carboxylic acids is 2. The molecule has 1 saturated heterocycles. The fourth-order valence-corrected chi connectivity index (χ4v) is 3.51. The van der Waals surface area contributed by atoms with Crippen LogP contribution in [-0.2, 0) is 32.3 Å². The number of fused-ring (bicyclic) bond motifs is 1. The number of piperazine rings is 1. The molecule has 1 aliphatic rings. The van der Waals surface area contributed by atoms with E-state index < -0.39 is 30.3 Å². The molecule has 1 aromatic carbocycles. The maximum atomic E-state index is 13.1. The SMILES string of the molecule is O=C(CC1C(=O)NCCN1Cc1ccc(F)cc1)NCc1cn2ccccc2n1.O=C(O)C(F)(F)F.O=C(O)C(F)(F)F. The van der Waals surface area contributed by atoms with Crippen LogP contribution >= 0.6 is 0 Å². The van der Waals surface area contributed by atoms with Crippen molar-refractivity contribution in [1.29, 1.82) is 0 Å². The Bertz CT molecular complexity index is 1350. The van der Waals surface area contributed by atoms with E-state index in [1.54, 1.807) is 12.1 Å². The van der Waals surface area contributed by atoms with E-state index >= 15 is 0 Å². The number of pyridine rings is 1. The third-order valence-corrected chi connectivity index (χ3v) is 5.48. The number of hydrogen-bond acceptors (Lipinski definition) is 6. The zero-order chi connectivity index (χ0) is 32.4. The smallest absolute Gasteiger partial charge is 0.475 e. The predicted molar refractivity (Wildman–Crippen MR) is 133 cm³/mol. The van der Waals surface area contributed by atoms with Gasteiger partial charge in [-0.25, -0.2) is 19.0 Å². The highest BCUT2D eigenvalue weighted by atomic mass is 19.4. The maximum Gasteiger partial charge on any atom is 0.490 e. The molecule has 1 aliphatic heterocycles. The normalized spacial score (nSPS) is 15.3. The molecule has 11 nitrogen and oxygen atoms in total. The summed E-state index contributed by atoms with van der Waals surface area (Å²) in [4.78, 5) is 49.1. The summed E-state index contributed by atoms with van der Waals surface area (Å²) >= 11 is 0. The average molecular weight is 623 g/mol. The summed E-state index contributed by atoms with van der Waals surface area (Å²) in [6.45, 7) is 1.94. The van der Waals surface area contributed by atoms with Crippen molar-refractivity contribution in [2.45, 2.75) is 37.9 Å². The van der Waals surface area contributed by atoms with Gasteiger partial charge in [0, 0.05) is 32.0 Å². The largest absolute Gasteiger partial charge is 0.490 e. The molecular weight excluding hydrogens is 599 g/mol. The standard InChI is InChI=1S/C21H22FN5O2.2C2HF3O2/c22-16-6-4-15(5-7-16)13-26-10-8-23-21(29)18(26)11-20(28)24-12-17-14-27-9-2-1-3-19(27)25-17;2*3-2(4,5)1(6)7/h1-7,9,14,18H,8,10-13H2,(H,23,29)(H,24,28);2*(H,6,7). The molecule has 1 atom stereocenters. The number of benzene rings is 1. The second kappa shape index (κ2) is 14.9. The van der Waals surface area contributed by atoms with E-state index in [0.29, 0.717) is 26.2 Å². The van der Waals surface area contributed by atoms with Gasteiger partial charge in [-0.2, -0.15) is 26.3 Å². The number of carboxylic acid groups (broad SMARTS) is 2. The van der Waals surface area contributed by atoms with Gasteiger partial charge >= 0.3 is 24.3 Å². The van der Waals surface area contributed by atoms with Crippen LogP contribution in [0.15, 0.2) is 54.9 Å². The Morgan fingerprint density at radius 2 is 1.56 bits per heavy atom.